The third-order valence-electron chi connectivity index (χ3n) is 3.80. The highest BCUT2D eigenvalue weighted by atomic mass is 35.5. The number of aliphatic hydroxyl groups excluding tert-OH is 1. The van der Waals surface area contributed by atoms with Crippen molar-refractivity contribution in [3.8, 4) is 0 Å². The molecule has 0 aromatic heterocycles. The van der Waals surface area contributed by atoms with Gasteiger partial charge in [-0.1, -0.05) is 61.0 Å². The third-order valence-corrected chi connectivity index (χ3v) is 4.03. The Morgan fingerprint density at radius 3 is 2.37 bits per heavy atom. The van der Waals surface area contributed by atoms with Gasteiger partial charge in [0.05, 0.1) is 6.61 Å². The molecule has 1 atom stereocenters. The Morgan fingerprint density at radius 1 is 1.05 bits per heavy atom. The molecule has 2 rings (SSSR count). The zero-order chi connectivity index (χ0) is 13.7. The Kier molecular flexibility index (Phi) is 4.62. The second-order valence-corrected chi connectivity index (χ2v) is 5.40. The first kappa shape index (κ1) is 14.1. The first-order valence-corrected chi connectivity index (χ1v) is 6.99. The van der Waals surface area contributed by atoms with Crippen LogP contribution in [0.25, 0.3) is 0 Å². The summed E-state index contributed by atoms with van der Waals surface area (Å²) in [5.74, 6) is 0. The zero-order valence-corrected chi connectivity index (χ0v) is 11.9. The van der Waals surface area contributed by atoms with Crippen LogP contribution >= 0.6 is 11.6 Å². The summed E-state index contributed by atoms with van der Waals surface area (Å²) in [6.45, 7) is 2.26. The fraction of sp³-hybridized carbons (Fsp3) is 0.294. The summed E-state index contributed by atoms with van der Waals surface area (Å²) in [7, 11) is 0. The molecule has 19 heavy (non-hydrogen) atoms. The van der Waals surface area contributed by atoms with E-state index in [1.54, 1.807) is 0 Å². The molecular formula is C17H19ClO. The van der Waals surface area contributed by atoms with Gasteiger partial charge in [-0.3, -0.25) is 0 Å². The number of hydrogen-bond acceptors (Lipinski definition) is 1. The van der Waals surface area contributed by atoms with Crippen LogP contribution in [-0.4, -0.2) is 11.7 Å². The van der Waals surface area contributed by atoms with Gasteiger partial charge in [0.25, 0.3) is 0 Å². The molecule has 0 radical (unpaired) electrons. The molecule has 2 aromatic rings. The maximum absolute atomic E-state index is 9.93. The van der Waals surface area contributed by atoms with E-state index in [1.807, 2.05) is 36.4 Å². The Hall–Kier alpha value is -1.31. The highest BCUT2D eigenvalue weighted by Crippen LogP contribution is 2.32. The third kappa shape index (κ3) is 3.17. The van der Waals surface area contributed by atoms with Crippen LogP contribution in [-0.2, 0) is 11.8 Å². The minimum atomic E-state index is -0.230. The number of rotatable bonds is 5. The molecule has 0 fully saturated rings. The molecular weight excluding hydrogens is 256 g/mol. The first-order valence-electron chi connectivity index (χ1n) is 6.61. The Balaban J connectivity index is 2.35. The number of hydrogen-bond donors (Lipinski definition) is 1. The van der Waals surface area contributed by atoms with Crippen molar-refractivity contribution in [1.29, 1.82) is 0 Å². The lowest BCUT2D eigenvalue weighted by molar-refractivity contribution is 0.186. The molecule has 0 aliphatic heterocycles. The molecule has 0 saturated heterocycles. The van der Waals surface area contributed by atoms with Gasteiger partial charge in [0.1, 0.15) is 0 Å². The Morgan fingerprint density at radius 2 is 1.79 bits per heavy atom. The van der Waals surface area contributed by atoms with Crippen molar-refractivity contribution in [2.75, 3.05) is 6.61 Å². The normalized spacial score (nSPS) is 14.1. The number of aliphatic hydroxyl groups is 1. The van der Waals surface area contributed by atoms with Gasteiger partial charge < -0.3 is 5.11 Å². The van der Waals surface area contributed by atoms with E-state index in [-0.39, 0.29) is 12.0 Å². The van der Waals surface area contributed by atoms with Crippen molar-refractivity contribution in [3.63, 3.8) is 0 Å². The zero-order valence-electron chi connectivity index (χ0n) is 11.1. The molecule has 2 aromatic carbocycles. The van der Waals surface area contributed by atoms with E-state index in [2.05, 4.69) is 25.1 Å². The van der Waals surface area contributed by atoms with Crippen LogP contribution in [0.5, 0.6) is 0 Å². The summed E-state index contributed by atoms with van der Waals surface area (Å²) in [6, 6.07) is 18.1. The van der Waals surface area contributed by atoms with Crippen LogP contribution in [0.2, 0.25) is 5.02 Å². The number of halogens is 1. The summed E-state index contributed by atoms with van der Waals surface area (Å²) in [6.07, 6.45) is 1.69. The van der Waals surface area contributed by atoms with Gasteiger partial charge in [-0.15, -0.1) is 0 Å². The van der Waals surface area contributed by atoms with E-state index in [9.17, 15) is 5.11 Å². The van der Waals surface area contributed by atoms with Crippen LogP contribution in [0.4, 0.5) is 0 Å². The molecule has 2 heteroatoms. The second-order valence-electron chi connectivity index (χ2n) is 4.96. The van der Waals surface area contributed by atoms with Crippen LogP contribution in [0.1, 0.15) is 24.5 Å². The van der Waals surface area contributed by atoms with E-state index in [0.717, 1.165) is 23.4 Å². The van der Waals surface area contributed by atoms with E-state index in [1.165, 1.54) is 5.56 Å². The van der Waals surface area contributed by atoms with Gasteiger partial charge in [0, 0.05) is 10.4 Å². The van der Waals surface area contributed by atoms with E-state index < -0.39 is 0 Å². The summed E-state index contributed by atoms with van der Waals surface area (Å²) in [4.78, 5) is 0. The molecule has 0 spiro atoms. The lowest BCUT2D eigenvalue weighted by Gasteiger charge is -2.31. The Labute approximate surface area is 119 Å². The van der Waals surface area contributed by atoms with Gasteiger partial charge in [0.2, 0.25) is 0 Å². The minimum absolute atomic E-state index is 0.139. The standard InChI is InChI=1S/C17H19ClO/c1-2-17(13-19,15-8-4-3-5-9-15)12-14-7-6-10-16(18)11-14/h3-11,19H,2,12-13H2,1H3. The molecule has 0 bridgehead atoms. The molecule has 0 saturated carbocycles. The Bertz CT molecular complexity index is 518. The predicted molar refractivity (Wildman–Crippen MR) is 80.7 cm³/mol. The maximum Gasteiger partial charge on any atom is 0.0531 e. The smallest absolute Gasteiger partial charge is 0.0531 e. The van der Waals surface area contributed by atoms with E-state index in [4.69, 9.17) is 11.6 Å². The largest absolute Gasteiger partial charge is 0.395 e. The molecule has 100 valence electrons. The monoisotopic (exact) mass is 274 g/mol. The van der Waals surface area contributed by atoms with E-state index in [0.29, 0.717) is 0 Å². The summed E-state index contributed by atoms with van der Waals surface area (Å²) < 4.78 is 0. The molecule has 1 nitrogen and oxygen atoms in total. The lowest BCUT2D eigenvalue weighted by atomic mass is 9.74. The fourth-order valence-corrected chi connectivity index (χ4v) is 2.73. The highest BCUT2D eigenvalue weighted by molar-refractivity contribution is 6.30. The molecule has 0 aliphatic carbocycles. The van der Waals surface area contributed by atoms with E-state index >= 15 is 0 Å². The minimum Gasteiger partial charge on any atom is -0.395 e. The molecule has 0 aliphatic rings. The summed E-state index contributed by atoms with van der Waals surface area (Å²) in [5, 5.41) is 10.7. The van der Waals surface area contributed by atoms with Crippen molar-refractivity contribution in [3.05, 3.63) is 70.7 Å². The van der Waals surface area contributed by atoms with Crippen LogP contribution in [0.15, 0.2) is 54.6 Å². The van der Waals surface area contributed by atoms with Gasteiger partial charge in [-0.05, 0) is 36.1 Å². The van der Waals surface area contributed by atoms with Crippen LogP contribution in [0.3, 0.4) is 0 Å². The molecule has 0 heterocycles. The summed E-state index contributed by atoms with van der Waals surface area (Å²) in [5.41, 5.74) is 2.11. The highest BCUT2D eigenvalue weighted by Gasteiger charge is 2.29. The maximum atomic E-state index is 9.93. The van der Waals surface area contributed by atoms with Crippen molar-refractivity contribution >= 4 is 11.6 Å². The topological polar surface area (TPSA) is 20.2 Å². The lowest BCUT2D eigenvalue weighted by Crippen LogP contribution is -2.32. The van der Waals surface area contributed by atoms with Crippen LogP contribution < -0.4 is 0 Å². The van der Waals surface area contributed by atoms with Crippen molar-refractivity contribution in [2.45, 2.75) is 25.2 Å². The fourth-order valence-electron chi connectivity index (χ4n) is 2.52. The van der Waals surface area contributed by atoms with Crippen molar-refractivity contribution in [2.24, 2.45) is 0 Å². The van der Waals surface area contributed by atoms with Crippen molar-refractivity contribution in [1.82, 2.24) is 0 Å². The quantitative estimate of drug-likeness (QED) is 0.865. The average Bonchev–Trinajstić information content (AvgIpc) is 2.46. The molecule has 1 unspecified atom stereocenters. The first-order chi connectivity index (χ1) is 9.20. The van der Waals surface area contributed by atoms with Crippen LogP contribution in [0, 0.1) is 0 Å². The predicted octanol–water partition coefficient (Wildman–Crippen LogP) is 4.22. The van der Waals surface area contributed by atoms with Gasteiger partial charge >= 0.3 is 0 Å². The van der Waals surface area contributed by atoms with Gasteiger partial charge in [-0.25, -0.2) is 0 Å². The van der Waals surface area contributed by atoms with Gasteiger partial charge in [-0.2, -0.15) is 0 Å². The SMILES string of the molecule is CCC(CO)(Cc1cccc(Cl)c1)c1ccccc1. The molecule has 0 amide bonds. The second kappa shape index (κ2) is 6.23. The molecule has 1 N–H and O–H groups in total. The summed E-state index contributed by atoms with van der Waals surface area (Å²) >= 11 is 6.04. The number of benzene rings is 2. The van der Waals surface area contributed by atoms with Gasteiger partial charge in [0.15, 0.2) is 0 Å². The van der Waals surface area contributed by atoms with Crippen molar-refractivity contribution < 1.29 is 5.11 Å². The average molecular weight is 275 g/mol.